The Morgan fingerprint density at radius 3 is 2.82 bits per heavy atom. The summed E-state index contributed by atoms with van der Waals surface area (Å²) in [6.45, 7) is 11.4. The predicted molar refractivity (Wildman–Crippen MR) is 94.1 cm³/mol. The van der Waals surface area contributed by atoms with Crippen LogP contribution in [0.3, 0.4) is 0 Å². The van der Waals surface area contributed by atoms with E-state index in [-0.39, 0.29) is 12.5 Å². The maximum absolute atomic E-state index is 9.38. The van der Waals surface area contributed by atoms with Crippen molar-refractivity contribution in [3.63, 3.8) is 0 Å². The van der Waals surface area contributed by atoms with Crippen molar-refractivity contribution >= 4 is 14.3 Å². The van der Waals surface area contributed by atoms with Gasteiger partial charge in [0.2, 0.25) is 0 Å². The van der Waals surface area contributed by atoms with E-state index in [4.69, 9.17) is 4.74 Å². The highest BCUT2D eigenvalue weighted by Crippen LogP contribution is 2.25. The van der Waals surface area contributed by atoms with Gasteiger partial charge in [0.25, 0.3) is 0 Å². The first-order chi connectivity index (χ1) is 10.4. The van der Waals surface area contributed by atoms with Gasteiger partial charge >= 0.3 is 0 Å². The van der Waals surface area contributed by atoms with Gasteiger partial charge in [-0.3, -0.25) is 5.01 Å². The zero-order valence-electron chi connectivity index (χ0n) is 14.2. The third kappa shape index (κ3) is 4.66. The molecule has 0 fully saturated rings. The van der Waals surface area contributed by atoms with Crippen molar-refractivity contribution < 1.29 is 9.84 Å². The average Bonchev–Trinajstić information content (AvgIpc) is 2.49. The highest BCUT2D eigenvalue weighted by Gasteiger charge is 2.18. The Kier molecular flexibility index (Phi) is 5.78. The molecule has 1 unspecified atom stereocenters. The molecule has 1 atom stereocenters. The van der Waals surface area contributed by atoms with Crippen LogP contribution in [0.2, 0.25) is 25.7 Å². The van der Waals surface area contributed by atoms with Gasteiger partial charge in [0.05, 0.1) is 12.8 Å². The van der Waals surface area contributed by atoms with Gasteiger partial charge in [-0.25, -0.2) is 0 Å². The van der Waals surface area contributed by atoms with Gasteiger partial charge < -0.3 is 9.84 Å². The molecule has 5 heteroatoms. The molecular formula is C17H28N2O2Si. The van der Waals surface area contributed by atoms with Crippen LogP contribution in [0.25, 0.3) is 0 Å². The minimum absolute atomic E-state index is 0.140. The summed E-state index contributed by atoms with van der Waals surface area (Å²) >= 11 is 0. The van der Waals surface area contributed by atoms with E-state index in [0.29, 0.717) is 6.73 Å². The van der Waals surface area contributed by atoms with Crippen LogP contribution in [0.5, 0.6) is 0 Å². The second-order valence-electron chi connectivity index (χ2n) is 7.26. The topological polar surface area (TPSA) is 45.1 Å². The SMILES string of the molecule is CC(CO)c1cccc2c1C=NN(COCC[Si](C)(C)C)C2. The molecule has 1 aromatic rings. The molecular weight excluding hydrogens is 292 g/mol. The first-order valence-corrected chi connectivity index (χ1v) is 11.7. The lowest BCUT2D eigenvalue weighted by Gasteiger charge is -2.26. The van der Waals surface area contributed by atoms with E-state index < -0.39 is 8.07 Å². The predicted octanol–water partition coefficient (Wildman–Crippen LogP) is 3.24. The maximum atomic E-state index is 9.38. The summed E-state index contributed by atoms with van der Waals surface area (Å²) in [6, 6.07) is 7.44. The lowest BCUT2D eigenvalue weighted by atomic mass is 9.92. The fraction of sp³-hybridized carbons (Fsp3) is 0.588. The number of benzene rings is 1. The number of aliphatic hydroxyl groups excluding tert-OH is 1. The lowest BCUT2D eigenvalue weighted by Crippen LogP contribution is -2.27. The molecule has 1 N–H and O–H groups in total. The van der Waals surface area contributed by atoms with Crippen molar-refractivity contribution in [2.75, 3.05) is 19.9 Å². The van der Waals surface area contributed by atoms with Crippen LogP contribution in [0.1, 0.15) is 29.5 Å². The van der Waals surface area contributed by atoms with Gasteiger partial charge in [-0.15, -0.1) is 0 Å². The summed E-state index contributed by atoms with van der Waals surface area (Å²) in [6.07, 6.45) is 1.90. The van der Waals surface area contributed by atoms with Crippen LogP contribution >= 0.6 is 0 Å². The van der Waals surface area contributed by atoms with Crippen molar-refractivity contribution in [1.82, 2.24) is 5.01 Å². The van der Waals surface area contributed by atoms with Crippen molar-refractivity contribution in [2.45, 2.75) is 45.1 Å². The van der Waals surface area contributed by atoms with Gasteiger partial charge in [0.1, 0.15) is 6.73 Å². The summed E-state index contributed by atoms with van der Waals surface area (Å²) in [5.41, 5.74) is 3.58. The molecule has 1 aromatic carbocycles. The monoisotopic (exact) mass is 320 g/mol. The van der Waals surface area contributed by atoms with Crippen LogP contribution in [0.15, 0.2) is 23.3 Å². The third-order valence-corrected chi connectivity index (χ3v) is 5.68. The van der Waals surface area contributed by atoms with Crippen LogP contribution < -0.4 is 0 Å². The van der Waals surface area contributed by atoms with E-state index in [2.05, 4.69) is 42.9 Å². The van der Waals surface area contributed by atoms with Gasteiger partial charge in [-0.05, 0) is 17.2 Å². The number of aliphatic hydroxyl groups is 1. The molecule has 4 nitrogen and oxygen atoms in total. The molecule has 1 heterocycles. The van der Waals surface area contributed by atoms with E-state index in [9.17, 15) is 5.11 Å². The molecule has 0 radical (unpaired) electrons. The van der Waals surface area contributed by atoms with E-state index >= 15 is 0 Å². The Morgan fingerprint density at radius 2 is 2.14 bits per heavy atom. The largest absolute Gasteiger partial charge is 0.396 e. The highest BCUT2D eigenvalue weighted by molar-refractivity contribution is 6.76. The number of fused-ring (bicyclic) bond motifs is 1. The maximum Gasteiger partial charge on any atom is 0.135 e. The molecule has 1 aliphatic rings. The third-order valence-electron chi connectivity index (χ3n) is 3.97. The Bertz CT molecular complexity index is 526. The summed E-state index contributed by atoms with van der Waals surface area (Å²) in [7, 11) is -1.03. The highest BCUT2D eigenvalue weighted by atomic mass is 28.3. The molecule has 0 aromatic heterocycles. The molecule has 0 aliphatic carbocycles. The normalized spacial score (nSPS) is 15.8. The molecule has 0 amide bonds. The second kappa shape index (κ2) is 7.40. The first kappa shape index (κ1) is 17.2. The number of hydrazone groups is 1. The summed E-state index contributed by atoms with van der Waals surface area (Å²) in [4.78, 5) is 0. The molecule has 0 spiro atoms. The van der Waals surface area contributed by atoms with E-state index in [1.165, 1.54) is 17.2 Å². The van der Waals surface area contributed by atoms with E-state index in [1.54, 1.807) is 0 Å². The van der Waals surface area contributed by atoms with Crippen LogP contribution in [-0.2, 0) is 11.3 Å². The van der Waals surface area contributed by atoms with Crippen LogP contribution in [0.4, 0.5) is 0 Å². The average molecular weight is 321 g/mol. The molecule has 0 bridgehead atoms. The standard InChI is InChI=1S/C17H28N2O2Si/c1-14(12-20)16-7-5-6-15-11-19(18-10-17(15)16)13-21-8-9-22(2,3)4/h5-7,10,14,20H,8-9,11-13H2,1-4H3. The lowest BCUT2D eigenvalue weighted by molar-refractivity contribution is 0.0314. The molecule has 1 aliphatic heterocycles. The molecule has 2 rings (SSSR count). The minimum atomic E-state index is -1.03. The van der Waals surface area contributed by atoms with Crippen molar-refractivity contribution in [3.05, 3.63) is 34.9 Å². The molecule has 22 heavy (non-hydrogen) atoms. The Labute approximate surface area is 134 Å². The smallest absolute Gasteiger partial charge is 0.135 e. The van der Waals surface area contributed by atoms with Crippen molar-refractivity contribution in [1.29, 1.82) is 0 Å². The summed E-state index contributed by atoms with van der Waals surface area (Å²) in [5, 5.41) is 15.8. The molecule has 122 valence electrons. The van der Waals surface area contributed by atoms with Gasteiger partial charge in [-0.1, -0.05) is 44.8 Å². The quantitative estimate of drug-likeness (QED) is 0.619. The molecule has 0 saturated carbocycles. The Hall–Kier alpha value is -1.17. The van der Waals surface area contributed by atoms with E-state index in [1.807, 2.05) is 18.1 Å². The van der Waals surface area contributed by atoms with Gasteiger partial charge in [0, 0.05) is 32.8 Å². The Balaban J connectivity index is 1.94. The zero-order chi connectivity index (χ0) is 16.2. The fourth-order valence-electron chi connectivity index (χ4n) is 2.46. The second-order valence-corrected chi connectivity index (χ2v) is 12.9. The van der Waals surface area contributed by atoms with Crippen LogP contribution in [-0.4, -0.2) is 44.3 Å². The van der Waals surface area contributed by atoms with Crippen LogP contribution in [0, 0.1) is 0 Å². The number of ether oxygens (including phenoxy) is 1. The number of rotatable bonds is 7. The first-order valence-electron chi connectivity index (χ1n) is 8.00. The van der Waals surface area contributed by atoms with Gasteiger partial charge in [0.15, 0.2) is 0 Å². The van der Waals surface area contributed by atoms with Crippen molar-refractivity contribution in [3.8, 4) is 0 Å². The summed E-state index contributed by atoms with van der Waals surface area (Å²) in [5.74, 6) is 0.140. The number of hydrogen-bond acceptors (Lipinski definition) is 4. The number of nitrogens with zero attached hydrogens (tertiary/aromatic N) is 2. The summed E-state index contributed by atoms with van der Waals surface area (Å²) < 4.78 is 5.77. The minimum Gasteiger partial charge on any atom is -0.396 e. The Morgan fingerprint density at radius 1 is 1.36 bits per heavy atom. The number of hydrogen-bond donors (Lipinski definition) is 1. The molecule has 0 saturated heterocycles. The van der Waals surface area contributed by atoms with Gasteiger partial charge in [-0.2, -0.15) is 5.10 Å². The van der Waals surface area contributed by atoms with E-state index in [0.717, 1.165) is 18.7 Å². The fourth-order valence-corrected chi connectivity index (χ4v) is 3.22. The zero-order valence-corrected chi connectivity index (χ0v) is 15.2. The van der Waals surface area contributed by atoms with Crippen molar-refractivity contribution in [2.24, 2.45) is 5.10 Å².